The highest BCUT2D eigenvalue weighted by Gasteiger charge is 2.43. The molecule has 3 heterocycles. The molecule has 0 aliphatic carbocycles. The molecule has 2 bridgehead atoms. The molecule has 12 nitrogen and oxygen atoms in total. The zero-order chi connectivity index (χ0) is 18.2. The number of hydrogen-bond acceptors (Lipinski definition) is 7. The molecule has 0 aromatic carbocycles. The summed E-state index contributed by atoms with van der Waals surface area (Å²) in [5, 5.41) is 7.28. The highest BCUT2D eigenvalue weighted by Crippen LogP contribution is 2.27. The molecule has 0 spiro atoms. The molecule has 0 saturated carbocycles. The zero-order valence-electron chi connectivity index (χ0n) is 12.9. The Labute approximate surface area is 142 Å². The highest BCUT2D eigenvalue weighted by molar-refractivity contribution is 7.80. The van der Waals surface area contributed by atoms with E-state index in [-0.39, 0.29) is 19.0 Å². The molecule has 1 atom stereocenters. The van der Waals surface area contributed by atoms with Crippen molar-refractivity contribution in [3.63, 3.8) is 0 Å². The predicted molar refractivity (Wildman–Crippen MR) is 83.1 cm³/mol. The Balaban J connectivity index is 1.79. The topological polar surface area (TPSA) is 160 Å². The number of nitrogens with zero attached hydrogens (tertiary/aromatic N) is 4. The lowest BCUT2D eigenvalue weighted by molar-refractivity contribution is -0.0183. The van der Waals surface area contributed by atoms with Gasteiger partial charge in [-0.05, 0) is 6.08 Å². The second-order valence-corrected chi connectivity index (χ2v) is 6.44. The fraction of sp³-hybridized carbons (Fsp3) is 0.417. The Hall–Kier alpha value is -2.48. The van der Waals surface area contributed by atoms with Crippen LogP contribution >= 0.6 is 0 Å². The number of carbonyl (C=O) groups excluding carboxylic acids is 2. The maximum absolute atomic E-state index is 12.1. The Morgan fingerprint density at radius 3 is 2.96 bits per heavy atom. The van der Waals surface area contributed by atoms with Crippen molar-refractivity contribution in [2.24, 2.45) is 5.73 Å². The Bertz CT molecular complexity index is 833. The molecule has 4 N–H and O–H groups in total. The molecule has 1 unspecified atom stereocenters. The summed E-state index contributed by atoms with van der Waals surface area (Å²) in [6.45, 7) is 1.00. The first-order valence-corrected chi connectivity index (χ1v) is 8.64. The van der Waals surface area contributed by atoms with E-state index in [1.165, 1.54) is 22.0 Å². The van der Waals surface area contributed by atoms with Gasteiger partial charge in [0.15, 0.2) is 0 Å². The minimum absolute atomic E-state index is 0.145. The molecule has 1 saturated heterocycles. The van der Waals surface area contributed by atoms with Crippen LogP contribution in [0.3, 0.4) is 0 Å². The van der Waals surface area contributed by atoms with Gasteiger partial charge in [0, 0.05) is 25.8 Å². The van der Waals surface area contributed by atoms with E-state index in [0.717, 1.165) is 0 Å². The van der Waals surface area contributed by atoms with Crippen LogP contribution in [0.25, 0.3) is 5.70 Å². The third-order valence-electron chi connectivity index (χ3n) is 3.65. The van der Waals surface area contributed by atoms with E-state index in [2.05, 4.69) is 14.7 Å². The molecule has 136 valence electrons. The number of aromatic nitrogens is 2. The molecular weight excluding hydrogens is 356 g/mol. The van der Waals surface area contributed by atoms with Gasteiger partial charge in [0.1, 0.15) is 6.04 Å². The summed E-state index contributed by atoms with van der Waals surface area (Å²) in [4.78, 5) is 25.3. The number of hydroxylamine groups is 2. The highest BCUT2D eigenvalue weighted by atomic mass is 32.3. The van der Waals surface area contributed by atoms with E-state index in [9.17, 15) is 18.0 Å². The van der Waals surface area contributed by atoms with Crippen LogP contribution in [-0.4, -0.2) is 76.9 Å². The van der Waals surface area contributed by atoms with Crippen LogP contribution in [0.4, 0.5) is 4.79 Å². The van der Waals surface area contributed by atoms with E-state index in [1.54, 1.807) is 6.08 Å². The Morgan fingerprint density at radius 1 is 1.52 bits per heavy atom. The maximum Gasteiger partial charge on any atom is 0.418 e. The second-order valence-electron chi connectivity index (χ2n) is 5.43. The average molecular weight is 372 g/mol. The molecule has 0 radical (unpaired) electrons. The van der Waals surface area contributed by atoms with Crippen LogP contribution < -0.4 is 11.1 Å². The van der Waals surface area contributed by atoms with E-state index < -0.39 is 22.5 Å². The van der Waals surface area contributed by atoms with Crippen molar-refractivity contribution in [2.75, 3.05) is 26.2 Å². The quantitative estimate of drug-likeness (QED) is 0.496. The first-order chi connectivity index (χ1) is 11.8. The Morgan fingerprint density at radius 2 is 2.28 bits per heavy atom. The normalized spacial score (nSPS) is 20.0. The van der Waals surface area contributed by atoms with Crippen LogP contribution in [0.1, 0.15) is 10.4 Å². The van der Waals surface area contributed by atoms with Gasteiger partial charge < -0.3 is 16.0 Å². The number of carbonyl (C=O) groups is 2. The van der Waals surface area contributed by atoms with Gasteiger partial charge in [0.05, 0.1) is 24.0 Å². The zero-order valence-corrected chi connectivity index (χ0v) is 13.7. The number of urea groups is 1. The lowest BCUT2D eigenvalue weighted by Gasteiger charge is -2.20. The summed E-state index contributed by atoms with van der Waals surface area (Å²) < 4.78 is 36.2. The largest absolute Gasteiger partial charge is 0.418 e. The van der Waals surface area contributed by atoms with Gasteiger partial charge in [-0.3, -0.25) is 9.35 Å². The summed E-state index contributed by atoms with van der Waals surface area (Å²) in [6.07, 6.45) is 4.44. The number of nitrogens with one attached hydrogen (secondary N) is 1. The van der Waals surface area contributed by atoms with Crippen molar-refractivity contribution in [1.82, 2.24) is 25.1 Å². The first-order valence-electron chi connectivity index (χ1n) is 7.27. The molecule has 3 amide bonds. The van der Waals surface area contributed by atoms with Gasteiger partial charge in [-0.1, -0.05) is 0 Å². The minimum atomic E-state index is -4.81. The molecule has 1 aromatic rings. The van der Waals surface area contributed by atoms with Gasteiger partial charge >= 0.3 is 16.4 Å². The fourth-order valence-electron chi connectivity index (χ4n) is 2.60. The first kappa shape index (κ1) is 17.3. The third-order valence-corrected chi connectivity index (χ3v) is 4.00. The van der Waals surface area contributed by atoms with Gasteiger partial charge in [-0.25, -0.2) is 9.48 Å². The number of hydrogen-bond donors (Lipinski definition) is 3. The molecule has 2 aliphatic heterocycles. The van der Waals surface area contributed by atoms with E-state index in [0.29, 0.717) is 29.4 Å². The maximum atomic E-state index is 12.1. The standard InChI is InChI=1S/C12H16N6O6S/c13-1-2-14-11(19)8-4-15-17(5-8)9-3-10-7-16(6-9)12(20)18(10)24-25(21,22)23/h3-5,10H,1-2,6-7,13H2,(H,14,19)(H,21,22,23). The number of amides is 3. The predicted octanol–water partition coefficient (Wildman–Crippen LogP) is -1.73. The van der Waals surface area contributed by atoms with Crippen molar-refractivity contribution in [3.05, 3.63) is 24.0 Å². The van der Waals surface area contributed by atoms with Crippen LogP contribution in [0, 0.1) is 0 Å². The SMILES string of the molecule is NCCNC(=O)c1cnn(C2=CC3CN(C2)C(=O)N3OS(=O)(=O)O)c1. The third kappa shape index (κ3) is 3.63. The van der Waals surface area contributed by atoms with Crippen molar-refractivity contribution >= 4 is 28.0 Å². The average Bonchev–Trinajstić information content (AvgIpc) is 3.12. The fourth-order valence-corrected chi connectivity index (χ4v) is 2.98. The Kier molecular flexibility index (Phi) is 4.47. The lowest BCUT2D eigenvalue weighted by Crippen LogP contribution is -2.35. The van der Waals surface area contributed by atoms with Crippen LogP contribution in [0.15, 0.2) is 18.5 Å². The van der Waals surface area contributed by atoms with Gasteiger partial charge in [-0.15, -0.1) is 4.28 Å². The lowest BCUT2D eigenvalue weighted by atomic mass is 10.2. The van der Waals surface area contributed by atoms with Crippen LogP contribution in [-0.2, 0) is 14.7 Å². The molecule has 2 aliphatic rings. The number of nitrogens with two attached hydrogens (primary N) is 1. The molecule has 1 aromatic heterocycles. The van der Waals surface area contributed by atoms with E-state index >= 15 is 0 Å². The van der Waals surface area contributed by atoms with Crippen LogP contribution in [0.5, 0.6) is 0 Å². The molecular formula is C12H16N6O6S. The van der Waals surface area contributed by atoms with Gasteiger partial charge in [0.25, 0.3) is 5.91 Å². The molecule has 13 heteroatoms. The van der Waals surface area contributed by atoms with Crippen LogP contribution in [0.2, 0.25) is 0 Å². The number of rotatable bonds is 6. The molecule has 25 heavy (non-hydrogen) atoms. The van der Waals surface area contributed by atoms with Crippen molar-refractivity contribution < 1.29 is 26.8 Å². The summed E-state index contributed by atoms with van der Waals surface area (Å²) in [7, 11) is -4.81. The number of fused-ring (bicyclic) bond motifs is 2. The van der Waals surface area contributed by atoms with Crippen molar-refractivity contribution in [1.29, 1.82) is 0 Å². The van der Waals surface area contributed by atoms with E-state index in [4.69, 9.17) is 10.3 Å². The van der Waals surface area contributed by atoms with Gasteiger partial charge in [-0.2, -0.15) is 18.6 Å². The summed E-state index contributed by atoms with van der Waals surface area (Å²) in [5.41, 5.74) is 6.20. The van der Waals surface area contributed by atoms with Crippen molar-refractivity contribution in [3.8, 4) is 0 Å². The van der Waals surface area contributed by atoms with Crippen molar-refractivity contribution in [2.45, 2.75) is 6.04 Å². The van der Waals surface area contributed by atoms with E-state index in [1.807, 2.05) is 0 Å². The monoisotopic (exact) mass is 372 g/mol. The smallest absolute Gasteiger partial charge is 0.351 e. The summed E-state index contributed by atoms with van der Waals surface area (Å²) >= 11 is 0. The summed E-state index contributed by atoms with van der Waals surface area (Å²) in [5.74, 6) is -0.330. The molecule has 1 fully saturated rings. The minimum Gasteiger partial charge on any atom is -0.351 e. The molecule has 3 rings (SSSR count). The second kappa shape index (κ2) is 6.44. The van der Waals surface area contributed by atoms with Gasteiger partial charge in [0.2, 0.25) is 0 Å². The summed E-state index contributed by atoms with van der Waals surface area (Å²) in [6, 6.07) is -1.40.